The summed E-state index contributed by atoms with van der Waals surface area (Å²) in [5.74, 6) is 1.93. The Morgan fingerprint density at radius 2 is 0.932 bits per heavy atom. The van der Waals surface area contributed by atoms with Crippen LogP contribution in [0.15, 0.2) is 170 Å². The lowest BCUT2D eigenvalue weighted by molar-refractivity contribution is 0.332. The van der Waals surface area contributed by atoms with Gasteiger partial charge in [0.2, 0.25) is 0 Å². The van der Waals surface area contributed by atoms with Crippen molar-refractivity contribution in [3.63, 3.8) is 0 Å². The third-order valence-electron chi connectivity index (χ3n) is 12.9. The fourth-order valence-electron chi connectivity index (χ4n) is 9.62. The standard InChI is InChI=1S/C55H44N4/c1-54(2)30-31-55(3,4)48-34-50-46(33-47(48)54)43-25-12-13-27-49(43)59(50)38-21-14-20-37(32-38)51-56-52(44-26-15-19-36-18-8-9-22-39(36)44)58-53(57-51)45-29-28-40(35-16-6-5-7-17-35)41-23-10-11-24-42(41)45/h5-29,32-34H,30-31H2,1-4H3. The summed E-state index contributed by atoms with van der Waals surface area (Å²) >= 11 is 0. The smallest absolute Gasteiger partial charge is 0.164 e. The maximum atomic E-state index is 5.34. The Balaban J connectivity index is 1.14. The van der Waals surface area contributed by atoms with Crippen LogP contribution >= 0.6 is 0 Å². The van der Waals surface area contributed by atoms with Crippen LogP contribution in [-0.2, 0) is 10.8 Å². The molecule has 1 aliphatic rings. The fraction of sp³-hybridized carbons (Fsp3) is 0.145. The van der Waals surface area contributed by atoms with Gasteiger partial charge < -0.3 is 4.57 Å². The van der Waals surface area contributed by atoms with E-state index in [0.717, 1.165) is 43.9 Å². The topological polar surface area (TPSA) is 43.6 Å². The summed E-state index contributed by atoms with van der Waals surface area (Å²) in [5.41, 5.74) is 11.9. The highest BCUT2D eigenvalue weighted by Gasteiger charge is 2.38. The molecular formula is C55H44N4. The van der Waals surface area contributed by atoms with Crippen LogP contribution in [0.4, 0.5) is 0 Å². The van der Waals surface area contributed by atoms with E-state index in [-0.39, 0.29) is 10.8 Å². The van der Waals surface area contributed by atoms with Crippen LogP contribution in [-0.4, -0.2) is 19.5 Å². The van der Waals surface area contributed by atoms with Gasteiger partial charge in [0, 0.05) is 33.2 Å². The number of benzene rings is 8. The molecule has 11 rings (SSSR count). The minimum absolute atomic E-state index is 0.0882. The second kappa shape index (κ2) is 13.3. The van der Waals surface area contributed by atoms with Crippen molar-refractivity contribution in [2.45, 2.75) is 51.4 Å². The van der Waals surface area contributed by atoms with E-state index in [0.29, 0.717) is 17.5 Å². The second-order valence-electron chi connectivity index (χ2n) is 17.5. The van der Waals surface area contributed by atoms with Crippen molar-refractivity contribution in [3.05, 3.63) is 181 Å². The molecule has 0 amide bonds. The summed E-state index contributed by atoms with van der Waals surface area (Å²) in [4.78, 5) is 15.9. The Morgan fingerprint density at radius 3 is 1.69 bits per heavy atom. The molecule has 4 heteroatoms. The van der Waals surface area contributed by atoms with Crippen LogP contribution < -0.4 is 0 Å². The molecule has 0 N–H and O–H groups in total. The van der Waals surface area contributed by atoms with Crippen molar-refractivity contribution in [2.24, 2.45) is 0 Å². The first-order chi connectivity index (χ1) is 28.7. The zero-order chi connectivity index (χ0) is 39.9. The maximum Gasteiger partial charge on any atom is 0.164 e. The third-order valence-corrected chi connectivity index (χ3v) is 12.9. The molecule has 0 bridgehead atoms. The number of fused-ring (bicyclic) bond motifs is 6. The molecule has 0 saturated heterocycles. The van der Waals surface area contributed by atoms with E-state index < -0.39 is 0 Å². The summed E-state index contributed by atoms with van der Waals surface area (Å²) in [6.07, 6.45) is 2.35. The van der Waals surface area contributed by atoms with E-state index in [9.17, 15) is 0 Å². The number of rotatable bonds is 5. The third kappa shape index (κ3) is 5.77. The van der Waals surface area contributed by atoms with Gasteiger partial charge in [-0.1, -0.05) is 161 Å². The zero-order valence-electron chi connectivity index (χ0n) is 33.9. The van der Waals surface area contributed by atoms with Crippen LogP contribution in [0.3, 0.4) is 0 Å². The van der Waals surface area contributed by atoms with Crippen LogP contribution in [0.2, 0.25) is 0 Å². The second-order valence-corrected chi connectivity index (χ2v) is 17.5. The highest BCUT2D eigenvalue weighted by Crippen LogP contribution is 2.48. The van der Waals surface area contributed by atoms with Crippen molar-refractivity contribution in [1.29, 1.82) is 0 Å². The molecule has 4 nitrogen and oxygen atoms in total. The van der Waals surface area contributed by atoms with Crippen LogP contribution in [0.25, 0.3) is 94.3 Å². The van der Waals surface area contributed by atoms with Gasteiger partial charge in [-0.3, -0.25) is 0 Å². The number of hydrogen-bond acceptors (Lipinski definition) is 3. The van der Waals surface area contributed by atoms with E-state index in [2.05, 4.69) is 202 Å². The Labute approximate surface area is 344 Å². The molecule has 0 spiro atoms. The number of nitrogens with zero attached hydrogens (tertiary/aromatic N) is 4. The molecule has 284 valence electrons. The number of hydrogen-bond donors (Lipinski definition) is 0. The minimum atomic E-state index is 0.0882. The van der Waals surface area contributed by atoms with Gasteiger partial charge in [0.15, 0.2) is 17.5 Å². The number of aromatic nitrogens is 4. The lowest BCUT2D eigenvalue weighted by Crippen LogP contribution is -2.33. The first kappa shape index (κ1) is 35.3. The van der Waals surface area contributed by atoms with Crippen LogP contribution in [0.5, 0.6) is 0 Å². The zero-order valence-corrected chi connectivity index (χ0v) is 33.9. The molecule has 2 aromatic heterocycles. The summed E-state index contributed by atoms with van der Waals surface area (Å²) < 4.78 is 2.44. The van der Waals surface area contributed by atoms with Crippen molar-refractivity contribution < 1.29 is 0 Å². The first-order valence-electron chi connectivity index (χ1n) is 20.7. The molecule has 0 radical (unpaired) electrons. The molecule has 59 heavy (non-hydrogen) atoms. The lowest BCUT2D eigenvalue weighted by Gasteiger charge is -2.42. The van der Waals surface area contributed by atoms with Gasteiger partial charge in [-0.25, -0.2) is 15.0 Å². The highest BCUT2D eigenvalue weighted by molar-refractivity contribution is 6.10. The molecule has 2 heterocycles. The monoisotopic (exact) mass is 760 g/mol. The SMILES string of the molecule is CC1(C)CCC(C)(C)c2cc3c(cc21)c1ccccc1n3-c1cccc(-c2nc(-c3cccc4ccccc34)nc(-c3ccc(-c4ccccc4)c4ccccc34)n2)c1. The van der Waals surface area contributed by atoms with Crippen molar-refractivity contribution in [2.75, 3.05) is 0 Å². The predicted molar refractivity (Wildman–Crippen MR) is 246 cm³/mol. The Morgan fingerprint density at radius 1 is 0.390 bits per heavy atom. The van der Waals surface area contributed by atoms with E-state index in [1.807, 2.05) is 0 Å². The normalized spacial score (nSPS) is 14.6. The Bertz CT molecular complexity index is 3270. The summed E-state index contributed by atoms with van der Waals surface area (Å²) in [5, 5.41) is 7.07. The van der Waals surface area contributed by atoms with E-state index in [4.69, 9.17) is 15.0 Å². The van der Waals surface area contributed by atoms with Gasteiger partial charge in [0.25, 0.3) is 0 Å². The van der Waals surface area contributed by atoms with Gasteiger partial charge in [-0.05, 0) is 104 Å². The van der Waals surface area contributed by atoms with Gasteiger partial charge >= 0.3 is 0 Å². The summed E-state index contributed by atoms with van der Waals surface area (Å²) in [6, 6.07) is 60.9. The van der Waals surface area contributed by atoms with Gasteiger partial charge in [0.05, 0.1) is 11.0 Å². The number of para-hydroxylation sites is 1. The minimum Gasteiger partial charge on any atom is -0.309 e. The van der Waals surface area contributed by atoms with E-state index >= 15 is 0 Å². The summed E-state index contributed by atoms with van der Waals surface area (Å²) in [7, 11) is 0. The van der Waals surface area contributed by atoms with Gasteiger partial charge in [-0.2, -0.15) is 0 Å². The molecule has 10 aromatic rings. The van der Waals surface area contributed by atoms with Gasteiger partial charge in [0.1, 0.15) is 0 Å². The van der Waals surface area contributed by atoms with E-state index in [1.165, 1.54) is 56.9 Å². The molecular weight excluding hydrogens is 717 g/mol. The van der Waals surface area contributed by atoms with Crippen molar-refractivity contribution in [1.82, 2.24) is 19.5 Å². The molecule has 1 aliphatic carbocycles. The quantitative estimate of drug-likeness (QED) is 0.175. The molecule has 0 fully saturated rings. The highest BCUT2D eigenvalue weighted by atomic mass is 15.0. The van der Waals surface area contributed by atoms with Crippen molar-refractivity contribution >= 4 is 43.4 Å². The summed E-state index contributed by atoms with van der Waals surface area (Å²) in [6.45, 7) is 9.63. The Hall–Kier alpha value is -6.91. The first-order valence-corrected chi connectivity index (χ1v) is 20.7. The maximum absolute atomic E-state index is 5.34. The average molecular weight is 761 g/mol. The average Bonchev–Trinajstić information content (AvgIpc) is 3.61. The molecule has 0 aliphatic heterocycles. The molecule has 0 atom stereocenters. The van der Waals surface area contributed by atoms with Crippen LogP contribution in [0, 0.1) is 0 Å². The molecule has 8 aromatic carbocycles. The largest absolute Gasteiger partial charge is 0.309 e. The Kier molecular flexibility index (Phi) is 7.96. The lowest BCUT2D eigenvalue weighted by atomic mass is 9.63. The van der Waals surface area contributed by atoms with Crippen LogP contribution in [0.1, 0.15) is 51.7 Å². The van der Waals surface area contributed by atoms with Gasteiger partial charge in [-0.15, -0.1) is 0 Å². The predicted octanol–water partition coefficient (Wildman–Crippen LogP) is 14.3. The molecule has 0 unspecified atom stereocenters. The fourth-order valence-corrected chi connectivity index (χ4v) is 9.62. The van der Waals surface area contributed by atoms with E-state index in [1.54, 1.807) is 0 Å². The van der Waals surface area contributed by atoms with Crippen molar-refractivity contribution in [3.8, 4) is 51.0 Å². The molecule has 0 saturated carbocycles.